The summed E-state index contributed by atoms with van der Waals surface area (Å²) >= 11 is 0. The Hall–Kier alpha value is -3.58. The summed E-state index contributed by atoms with van der Waals surface area (Å²) in [7, 11) is 0. The van der Waals surface area contributed by atoms with Crippen LogP contribution in [0, 0.1) is 29.3 Å². The van der Waals surface area contributed by atoms with E-state index in [2.05, 4.69) is 15.1 Å². The molecule has 0 fully saturated rings. The molecule has 4 aromatic rings. The lowest BCUT2D eigenvalue weighted by Gasteiger charge is -2.10. The monoisotopic (exact) mass is 368 g/mol. The molecule has 27 heavy (non-hydrogen) atoms. The van der Waals surface area contributed by atoms with Crippen LogP contribution in [0.2, 0.25) is 0 Å². The van der Waals surface area contributed by atoms with Crippen molar-refractivity contribution in [1.29, 1.82) is 5.26 Å². The summed E-state index contributed by atoms with van der Waals surface area (Å²) in [6, 6.07) is 4.25. The second kappa shape index (κ2) is 5.46. The Bertz CT molecular complexity index is 1260. The van der Waals surface area contributed by atoms with Gasteiger partial charge in [0.15, 0.2) is 5.56 Å². The SMILES string of the molecule is Cc1c2c(-c3noc(C(C)(C)O)n3)ncn2c2ccc(F)c(C#N)c2[n+]1[O-]. The van der Waals surface area contributed by atoms with Gasteiger partial charge in [-0.3, -0.25) is 4.40 Å². The lowest BCUT2D eigenvalue weighted by atomic mass is 10.1. The van der Waals surface area contributed by atoms with Gasteiger partial charge in [0.25, 0.3) is 11.4 Å². The highest BCUT2D eigenvalue weighted by atomic mass is 19.1. The molecule has 0 radical (unpaired) electrons. The first kappa shape index (κ1) is 16.9. The van der Waals surface area contributed by atoms with Crippen LogP contribution in [0.5, 0.6) is 0 Å². The number of aliphatic hydroxyl groups is 1. The van der Waals surface area contributed by atoms with Gasteiger partial charge in [0, 0.05) is 6.92 Å². The van der Waals surface area contributed by atoms with Crippen LogP contribution in [0.25, 0.3) is 28.1 Å². The summed E-state index contributed by atoms with van der Waals surface area (Å²) in [4.78, 5) is 8.40. The molecule has 1 N–H and O–H groups in total. The van der Waals surface area contributed by atoms with E-state index in [1.54, 1.807) is 10.5 Å². The highest BCUT2D eigenvalue weighted by molar-refractivity contribution is 5.85. The Labute approximate surface area is 151 Å². The molecule has 0 bridgehead atoms. The van der Waals surface area contributed by atoms with E-state index >= 15 is 0 Å². The zero-order valence-electron chi connectivity index (χ0n) is 14.6. The van der Waals surface area contributed by atoms with E-state index in [1.165, 1.54) is 33.2 Å². The standard InChI is InChI=1S/C17H13FN6O3/c1-8-13-12(15-21-16(27-22-15)17(2,3)25)20-7-23(13)11-5-4-10(18)9(6-19)14(11)24(8)26/h4-5,7,25H,1-3H3. The van der Waals surface area contributed by atoms with Gasteiger partial charge in [-0.1, -0.05) is 5.16 Å². The van der Waals surface area contributed by atoms with E-state index in [9.17, 15) is 20.0 Å². The Morgan fingerprint density at radius 2 is 2.15 bits per heavy atom. The maximum absolute atomic E-state index is 14.0. The van der Waals surface area contributed by atoms with Crippen LogP contribution in [0.4, 0.5) is 4.39 Å². The Morgan fingerprint density at radius 3 is 2.78 bits per heavy atom. The molecule has 9 nitrogen and oxygen atoms in total. The van der Waals surface area contributed by atoms with Crippen LogP contribution in [0.3, 0.4) is 0 Å². The van der Waals surface area contributed by atoms with Crippen LogP contribution in [0.1, 0.15) is 31.0 Å². The molecule has 136 valence electrons. The largest absolute Gasteiger partial charge is 0.618 e. The fourth-order valence-corrected chi connectivity index (χ4v) is 2.93. The van der Waals surface area contributed by atoms with Crippen molar-refractivity contribution >= 4 is 16.6 Å². The summed E-state index contributed by atoms with van der Waals surface area (Å²) in [6.07, 6.45) is 1.43. The molecule has 10 heteroatoms. The summed E-state index contributed by atoms with van der Waals surface area (Å²) < 4.78 is 21.1. The number of aryl methyl sites for hydroxylation is 1. The molecule has 0 spiro atoms. The molecule has 3 heterocycles. The molecule has 0 amide bonds. The molecule has 0 aliphatic heterocycles. The first-order valence-electron chi connectivity index (χ1n) is 7.92. The fourth-order valence-electron chi connectivity index (χ4n) is 2.93. The van der Waals surface area contributed by atoms with Gasteiger partial charge in [0.1, 0.15) is 40.5 Å². The van der Waals surface area contributed by atoms with Gasteiger partial charge < -0.3 is 14.8 Å². The third-order valence-electron chi connectivity index (χ3n) is 4.26. The molecule has 0 atom stereocenters. The summed E-state index contributed by atoms with van der Waals surface area (Å²) in [6.45, 7) is 4.52. The van der Waals surface area contributed by atoms with E-state index in [-0.39, 0.29) is 34.2 Å². The van der Waals surface area contributed by atoms with Gasteiger partial charge >= 0.3 is 0 Å². The molecule has 0 saturated carbocycles. The third kappa shape index (κ3) is 2.32. The number of halogens is 1. The average Bonchev–Trinajstić information content (AvgIpc) is 3.25. The van der Waals surface area contributed by atoms with Crippen molar-refractivity contribution in [3.05, 3.63) is 46.6 Å². The van der Waals surface area contributed by atoms with Crippen molar-refractivity contribution in [1.82, 2.24) is 19.5 Å². The predicted molar refractivity (Wildman–Crippen MR) is 89.6 cm³/mol. The van der Waals surface area contributed by atoms with Crippen LogP contribution in [0.15, 0.2) is 23.0 Å². The molecule has 4 rings (SSSR count). The third-order valence-corrected chi connectivity index (χ3v) is 4.26. The molecule has 0 saturated heterocycles. The zero-order chi connectivity index (χ0) is 19.5. The number of nitriles is 1. The highest BCUT2D eigenvalue weighted by Gasteiger charge is 2.29. The molecule has 3 aromatic heterocycles. The molecular weight excluding hydrogens is 355 g/mol. The minimum Gasteiger partial charge on any atom is -0.618 e. The van der Waals surface area contributed by atoms with E-state index < -0.39 is 11.4 Å². The van der Waals surface area contributed by atoms with Crippen molar-refractivity contribution in [3.8, 4) is 17.6 Å². The lowest BCUT2D eigenvalue weighted by molar-refractivity contribution is -0.583. The maximum Gasteiger partial charge on any atom is 0.262 e. The van der Waals surface area contributed by atoms with Crippen molar-refractivity contribution in [2.75, 3.05) is 0 Å². The quantitative estimate of drug-likeness (QED) is 0.421. The summed E-state index contributed by atoms with van der Waals surface area (Å²) in [5, 5.41) is 35.8. The van der Waals surface area contributed by atoms with Crippen molar-refractivity contribution in [3.63, 3.8) is 0 Å². The van der Waals surface area contributed by atoms with Crippen LogP contribution >= 0.6 is 0 Å². The van der Waals surface area contributed by atoms with Gasteiger partial charge in [-0.25, -0.2) is 9.37 Å². The van der Waals surface area contributed by atoms with Crippen LogP contribution < -0.4 is 4.73 Å². The Balaban J connectivity index is 2.08. The molecule has 0 unspecified atom stereocenters. The lowest BCUT2D eigenvalue weighted by Crippen LogP contribution is -2.33. The average molecular weight is 368 g/mol. The maximum atomic E-state index is 14.0. The number of benzene rings is 1. The number of imidazole rings is 1. The number of nitrogens with zero attached hydrogens (tertiary/aromatic N) is 6. The summed E-state index contributed by atoms with van der Waals surface area (Å²) in [5.74, 6) is -0.678. The first-order chi connectivity index (χ1) is 12.7. The van der Waals surface area contributed by atoms with Crippen molar-refractivity contribution < 1.29 is 18.8 Å². The van der Waals surface area contributed by atoms with Crippen LogP contribution in [-0.2, 0) is 5.60 Å². The van der Waals surface area contributed by atoms with E-state index in [1.807, 2.05) is 0 Å². The van der Waals surface area contributed by atoms with Crippen molar-refractivity contribution in [2.45, 2.75) is 26.4 Å². The molecule has 0 aliphatic carbocycles. The molecular formula is C17H13FN6O3. The van der Waals surface area contributed by atoms with E-state index in [0.717, 1.165) is 6.07 Å². The normalized spacial score (nSPS) is 12.0. The van der Waals surface area contributed by atoms with E-state index in [0.29, 0.717) is 15.8 Å². The number of fused-ring (bicyclic) bond motifs is 3. The fraction of sp³-hybridized carbons (Fsp3) is 0.235. The Kier molecular flexibility index (Phi) is 3.41. The van der Waals surface area contributed by atoms with Gasteiger partial charge in [0.05, 0.1) is 0 Å². The second-order valence-electron chi connectivity index (χ2n) is 6.58. The topological polar surface area (TPSA) is 127 Å². The van der Waals surface area contributed by atoms with Gasteiger partial charge in [-0.2, -0.15) is 15.0 Å². The predicted octanol–water partition coefficient (Wildman–Crippen LogP) is 1.72. The number of hydrogen-bond acceptors (Lipinski definition) is 7. The number of hydrogen-bond donors (Lipinski definition) is 1. The molecule has 1 aromatic carbocycles. The number of rotatable bonds is 2. The van der Waals surface area contributed by atoms with Gasteiger partial charge in [-0.05, 0) is 26.0 Å². The van der Waals surface area contributed by atoms with Crippen LogP contribution in [-0.4, -0.2) is 24.6 Å². The minimum atomic E-state index is -1.33. The highest BCUT2D eigenvalue weighted by Crippen LogP contribution is 2.28. The first-order valence-corrected chi connectivity index (χ1v) is 7.92. The zero-order valence-corrected chi connectivity index (χ0v) is 14.6. The van der Waals surface area contributed by atoms with Gasteiger partial charge in [0.2, 0.25) is 11.5 Å². The van der Waals surface area contributed by atoms with E-state index in [4.69, 9.17) is 4.52 Å². The number of aromatic nitrogens is 5. The van der Waals surface area contributed by atoms with Crippen molar-refractivity contribution in [2.24, 2.45) is 0 Å². The molecule has 0 aliphatic rings. The Morgan fingerprint density at radius 1 is 1.41 bits per heavy atom. The second-order valence-corrected chi connectivity index (χ2v) is 6.58. The summed E-state index contributed by atoms with van der Waals surface area (Å²) in [5.41, 5.74) is -0.610. The smallest absolute Gasteiger partial charge is 0.262 e. The minimum absolute atomic E-state index is 0.000861. The van der Waals surface area contributed by atoms with Gasteiger partial charge in [-0.15, -0.1) is 0 Å².